The molecule has 1 aliphatic carbocycles. The number of para-hydroxylation sites is 1. The van der Waals surface area contributed by atoms with Gasteiger partial charge in [-0.1, -0.05) is 30.5 Å². The van der Waals surface area contributed by atoms with Gasteiger partial charge in [-0.15, -0.1) is 12.4 Å². The number of nitrogens with one attached hydrogen (secondary N) is 2. The number of fused-ring (bicyclic) bond motifs is 1. The van der Waals surface area contributed by atoms with Crippen LogP contribution in [0.2, 0.25) is 5.02 Å². The average molecular weight is 354 g/mol. The summed E-state index contributed by atoms with van der Waals surface area (Å²) in [5.41, 5.74) is -0.925. The van der Waals surface area contributed by atoms with E-state index in [0.29, 0.717) is 5.96 Å². The molecule has 8 heteroatoms. The monoisotopic (exact) mass is 353 g/mol. The zero-order valence-electron chi connectivity index (χ0n) is 11.6. The Kier molecular flexibility index (Phi) is 5.12. The minimum absolute atomic E-state index is 0. The smallest absolute Gasteiger partial charge is 0.351 e. The summed E-state index contributed by atoms with van der Waals surface area (Å²) in [6.07, 6.45) is -0.263. The molecular formula is C14H16Cl2F3N3. The van der Waals surface area contributed by atoms with E-state index in [1.165, 1.54) is 12.1 Å². The van der Waals surface area contributed by atoms with Crippen LogP contribution in [0.5, 0.6) is 0 Å². The first-order valence-electron chi connectivity index (χ1n) is 6.92. The van der Waals surface area contributed by atoms with Gasteiger partial charge in [-0.2, -0.15) is 13.2 Å². The van der Waals surface area contributed by atoms with Gasteiger partial charge in [0.05, 0.1) is 28.4 Å². The molecule has 3 nitrogen and oxygen atoms in total. The van der Waals surface area contributed by atoms with Gasteiger partial charge in [-0.3, -0.25) is 0 Å². The second-order valence-electron chi connectivity index (χ2n) is 5.37. The highest BCUT2D eigenvalue weighted by Crippen LogP contribution is 2.38. The molecule has 1 aromatic carbocycles. The van der Waals surface area contributed by atoms with Gasteiger partial charge >= 0.3 is 6.18 Å². The first kappa shape index (κ1) is 17.2. The molecule has 0 saturated heterocycles. The molecule has 0 bridgehead atoms. The van der Waals surface area contributed by atoms with E-state index in [-0.39, 0.29) is 35.2 Å². The Morgan fingerprint density at radius 1 is 1.23 bits per heavy atom. The Balaban J connectivity index is 0.00000176. The van der Waals surface area contributed by atoms with E-state index in [0.717, 1.165) is 31.7 Å². The fourth-order valence-electron chi connectivity index (χ4n) is 2.89. The van der Waals surface area contributed by atoms with Crippen LogP contribution < -0.4 is 10.6 Å². The van der Waals surface area contributed by atoms with Gasteiger partial charge in [0.15, 0.2) is 5.96 Å². The van der Waals surface area contributed by atoms with Crippen molar-refractivity contribution in [3.8, 4) is 0 Å². The van der Waals surface area contributed by atoms with Crippen LogP contribution in [0, 0.1) is 0 Å². The molecule has 3 rings (SSSR count). The van der Waals surface area contributed by atoms with Crippen molar-refractivity contribution in [2.75, 3.05) is 5.32 Å². The molecule has 2 N–H and O–H groups in total. The Labute approximate surface area is 137 Å². The van der Waals surface area contributed by atoms with Crippen molar-refractivity contribution in [2.45, 2.75) is 43.9 Å². The summed E-state index contributed by atoms with van der Waals surface area (Å²) in [7, 11) is 0. The summed E-state index contributed by atoms with van der Waals surface area (Å²) < 4.78 is 39.1. The second kappa shape index (κ2) is 6.54. The maximum Gasteiger partial charge on any atom is 0.418 e. The lowest BCUT2D eigenvalue weighted by atomic mass is 9.92. The van der Waals surface area contributed by atoms with Crippen molar-refractivity contribution >= 4 is 35.7 Å². The molecule has 122 valence electrons. The van der Waals surface area contributed by atoms with Crippen LogP contribution in [0.25, 0.3) is 0 Å². The minimum atomic E-state index is -4.46. The molecule has 2 atom stereocenters. The fraction of sp³-hybridized carbons (Fsp3) is 0.500. The van der Waals surface area contributed by atoms with Crippen molar-refractivity contribution < 1.29 is 13.2 Å². The summed E-state index contributed by atoms with van der Waals surface area (Å²) in [6.45, 7) is 0. The van der Waals surface area contributed by atoms with Crippen molar-refractivity contribution in [1.29, 1.82) is 0 Å². The van der Waals surface area contributed by atoms with E-state index in [1.807, 2.05) is 0 Å². The van der Waals surface area contributed by atoms with Crippen LogP contribution in [-0.4, -0.2) is 18.0 Å². The van der Waals surface area contributed by atoms with Gasteiger partial charge in [-0.25, -0.2) is 4.99 Å². The van der Waals surface area contributed by atoms with Crippen LogP contribution in [0.15, 0.2) is 23.2 Å². The highest BCUT2D eigenvalue weighted by atomic mass is 35.5. The molecule has 1 fully saturated rings. The van der Waals surface area contributed by atoms with Crippen LogP contribution >= 0.6 is 24.0 Å². The predicted octanol–water partition coefficient (Wildman–Crippen LogP) is 4.46. The van der Waals surface area contributed by atoms with Crippen LogP contribution in [0.1, 0.15) is 31.2 Å². The first-order valence-corrected chi connectivity index (χ1v) is 7.30. The lowest BCUT2D eigenvalue weighted by Crippen LogP contribution is -2.39. The van der Waals surface area contributed by atoms with Crippen molar-refractivity contribution in [3.63, 3.8) is 0 Å². The van der Waals surface area contributed by atoms with Crippen molar-refractivity contribution in [2.24, 2.45) is 4.99 Å². The minimum Gasteiger partial charge on any atom is -0.351 e. The quantitative estimate of drug-likeness (QED) is 0.781. The van der Waals surface area contributed by atoms with Crippen LogP contribution in [0.4, 0.5) is 18.9 Å². The second-order valence-corrected chi connectivity index (χ2v) is 5.77. The van der Waals surface area contributed by atoms with Gasteiger partial charge in [0.25, 0.3) is 0 Å². The molecule has 22 heavy (non-hydrogen) atoms. The third-order valence-electron chi connectivity index (χ3n) is 3.91. The molecule has 2 aliphatic rings. The summed E-state index contributed by atoms with van der Waals surface area (Å²) >= 11 is 5.92. The lowest BCUT2D eigenvalue weighted by Gasteiger charge is -2.23. The number of hydrogen-bond acceptors (Lipinski definition) is 3. The predicted molar refractivity (Wildman–Crippen MR) is 83.9 cm³/mol. The number of benzene rings is 1. The molecule has 0 aromatic heterocycles. The Bertz CT molecular complexity index is 575. The number of halogens is 5. The molecule has 0 unspecified atom stereocenters. The van der Waals surface area contributed by atoms with Gasteiger partial charge < -0.3 is 10.6 Å². The van der Waals surface area contributed by atoms with E-state index < -0.39 is 11.7 Å². The maximum atomic E-state index is 13.0. The van der Waals surface area contributed by atoms with E-state index in [9.17, 15) is 13.2 Å². The number of alkyl halides is 3. The SMILES string of the molecule is Cl.FC(F)(F)c1cccc(Cl)c1NC1=N[C@H]2CCCC[C@@H]2N1. The first-order chi connectivity index (χ1) is 9.95. The van der Waals surface area contributed by atoms with Crippen LogP contribution in [0.3, 0.4) is 0 Å². The third-order valence-corrected chi connectivity index (χ3v) is 4.22. The molecular weight excluding hydrogens is 338 g/mol. The molecule has 0 radical (unpaired) electrons. The lowest BCUT2D eigenvalue weighted by molar-refractivity contribution is -0.136. The van der Waals surface area contributed by atoms with E-state index in [4.69, 9.17) is 11.6 Å². The average Bonchev–Trinajstić information content (AvgIpc) is 2.82. The Morgan fingerprint density at radius 3 is 2.64 bits per heavy atom. The number of aliphatic imine (C=N–C) groups is 1. The highest BCUT2D eigenvalue weighted by molar-refractivity contribution is 6.34. The Hall–Kier alpha value is -1.14. The highest BCUT2D eigenvalue weighted by Gasteiger charge is 2.36. The number of guanidine groups is 1. The standard InChI is InChI=1S/C14H15ClF3N3.ClH/c15-9-5-3-4-8(14(16,17)18)12(9)21-13-19-10-6-1-2-7-11(10)20-13;/h3-5,10-11H,1-2,6-7H2,(H2,19,20,21);1H/t10-,11-;/m0./s1. The van der Waals surface area contributed by atoms with Gasteiger partial charge in [0.2, 0.25) is 0 Å². The van der Waals surface area contributed by atoms with E-state index in [2.05, 4.69) is 15.6 Å². The number of rotatable bonds is 1. The zero-order valence-corrected chi connectivity index (χ0v) is 13.2. The zero-order chi connectivity index (χ0) is 15.0. The maximum absolute atomic E-state index is 13.0. The van der Waals surface area contributed by atoms with Gasteiger partial charge in [0, 0.05) is 0 Å². The molecule has 1 aliphatic heterocycles. The summed E-state index contributed by atoms with van der Waals surface area (Å²) in [5, 5.41) is 5.92. The summed E-state index contributed by atoms with van der Waals surface area (Å²) in [6, 6.07) is 4.11. The van der Waals surface area contributed by atoms with E-state index >= 15 is 0 Å². The number of nitrogens with zero attached hydrogens (tertiary/aromatic N) is 1. The summed E-state index contributed by atoms with van der Waals surface area (Å²) in [4.78, 5) is 4.44. The topological polar surface area (TPSA) is 36.4 Å². The fourth-order valence-corrected chi connectivity index (χ4v) is 3.11. The molecule has 1 saturated carbocycles. The number of hydrogen-bond donors (Lipinski definition) is 2. The van der Waals surface area contributed by atoms with Gasteiger partial charge in [0.1, 0.15) is 0 Å². The normalized spacial score (nSPS) is 23.9. The molecule has 0 amide bonds. The van der Waals surface area contributed by atoms with Crippen LogP contribution in [-0.2, 0) is 6.18 Å². The third kappa shape index (κ3) is 3.43. The van der Waals surface area contributed by atoms with E-state index in [1.54, 1.807) is 0 Å². The Morgan fingerprint density at radius 2 is 1.95 bits per heavy atom. The molecule has 1 heterocycles. The van der Waals surface area contributed by atoms with Gasteiger partial charge in [-0.05, 0) is 25.0 Å². The molecule has 1 aromatic rings. The molecule has 0 spiro atoms. The summed E-state index contributed by atoms with van der Waals surface area (Å²) in [5.74, 6) is 0.380. The van der Waals surface area contributed by atoms with Crippen molar-refractivity contribution in [1.82, 2.24) is 5.32 Å². The van der Waals surface area contributed by atoms with Crippen molar-refractivity contribution in [3.05, 3.63) is 28.8 Å². The number of anilines is 1. The largest absolute Gasteiger partial charge is 0.418 e.